The quantitative estimate of drug-likeness (QED) is 0.423. The molecule has 0 fully saturated rings. The van der Waals surface area contributed by atoms with Gasteiger partial charge >= 0.3 is 19.0 Å². The topological polar surface area (TPSA) is 57.4 Å². The molecule has 0 aliphatic rings. The zero-order chi connectivity index (χ0) is 21.7. The van der Waals surface area contributed by atoms with Crippen molar-refractivity contribution in [2.45, 2.75) is 25.6 Å². The summed E-state index contributed by atoms with van der Waals surface area (Å²) in [7, 11) is 0. The van der Waals surface area contributed by atoms with Gasteiger partial charge in [0, 0.05) is 11.1 Å². The van der Waals surface area contributed by atoms with E-state index in [1.165, 1.54) is 30.3 Å². The Balaban J connectivity index is 1.67. The summed E-state index contributed by atoms with van der Waals surface area (Å²) < 4.78 is 89.0. The lowest BCUT2D eigenvalue weighted by Crippen LogP contribution is -2.32. The number of aromatic nitrogens is 2. The fourth-order valence-electron chi connectivity index (χ4n) is 2.40. The molecular weight excluding hydrogens is 418 g/mol. The van der Waals surface area contributed by atoms with Crippen LogP contribution in [0.25, 0.3) is 22.9 Å². The maximum Gasteiger partial charge on any atom is 0.387 e. The van der Waals surface area contributed by atoms with Crippen molar-refractivity contribution in [3.63, 3.8) is 0 Å². The van der Waals surface area contributed by atoms with E-state index in [1.807, 2.05) is 0 Å². The molecule has 0 spiro atoms. The van der Waals surface area contributed by atoms with Gasteiger partial charge in [0.15, 0.2) is 0 Å². The summed E-state index contributed by atoms with van der Waals surface area (Å²) in [4.78, 5) is 0. The third-order valence-corrected chi connectivity index (χ3v) is 3.81. The molecule has 1 aromatic heterocycles. The predicted molar refractivity (Wildman–Crippen MR) is 92.4 cm³/mol. The molecule has 0 bridgehead atoms. The highest BCUT2D eigenvalue weighted by molar-refractivity contribution is 5.59. The van der Waals surface area contributed by atoms with Crippen LogP contribution in [-0.2, 0) is 11.3 Å². The number of alkyl halides is 6. The van der Waals surface area contributed by atoms with E-state index >= 15 is 0 Å². The second-order valence-corrected chi connectivity index (χ2v) is 6.07. The largest absolute Gasteiger partial charge is 0.435 e. The van der Waals surface area contributed by atoms with Gasteiger partial charge in [0.1, 0.15) is 12.4 Å². The Kier molecular flexibility index (Phi) is 6.60. The monoisotopic (exact) mass is 432 g/mol. The molecule has 0 N–H and O–H groups in total. The van der Waals surface area contributed by atoms with E-state index in [2.05, 4.69) is 19.7 Å². The first-order chi connectivity index (χ1) is 14.2. The van der Waals surface area contributed by atoms with Crippen molar-refractivity contribution in [3.8, 4) is 28.7 Å². The van der Waals surface area contributed by atoms with Gasteiger partial charge in [-0.15, -0.1) is 10.2 Å². The molecule has 0 radical (unpaired) electrons. The summed E-state index contributed by atoms with van der Waals surface area (Å²) >= 11 is 0. The van der Waals surface area contributed by atoms with Gasteiger partial charge in [-0.25, -0.2) is 8.78 Å². The molecule has 0 unspecified atom stereocenters. The number of benzene rings is 2. The van der Waals surface area contributed by atoms with Crippen LogP contribution in [0.2, 0.25) is 0 Å². The molecule has 0 aliphatic carbocycles. The molecule has 5 nitrogen and oxygen atoms in total. The van der Waals surface area contributed by atoms with Gasteiger partial charge in [0.05, 0.1) is 6.61 Å². The van der Waals surface area contributed by atoms with Gasteiger partial charge in [-0.1, -0.05) is 12.1 Å². The van der Waals surface area contributed by atoms with Gasteiger partial charge in [-0.2, -0.15) is 17.6 Å². The minimum atomic E-state index is -4.23. The van der Waals surface area contributed by atoms with Crippen molar-refractivity contribution < 1.29 is 40.2 Å². The van der Waals surface area contributed by atoms with Crippen LogP contribution < -0.4 is 4.74 Å². The average molecular weight is 432 g/mol. The Morgan fingerprint density at radius 1 is 0.900 bits per heavy atom. The predicted octanol–water partition coefficient (Wildman–Crippen LogP) is 5.42. The highest BCUT2D eigenvalue weighted by atomic mass is 19.3. The molecule has 11 heteroatoms. The van der Waals surface area contributed by atoms with Gasteiger partial charge in [0.2, 0.25) is 11.8 Å². The molecule has 1 heterocycles. The standard InChI is InChI=1S/C19H14F6N2O3/c20-17(21)19(24,25)10-28-9-11-2-1-3-13(8-11)16-27-26-15(30-16)12-4-6-14(7-5-12)29-18(22)23/h1-8,17-18H,9-10H2. The number of rotatable bonds is 9. The Morgan fingerprint density at radius 3 is 2.20 bits per heavy atom. The summed E-state index contributed by atoms with van der Waals surface area (Å²) in [5.41, 5.74) is 1.35. The van der Waals surface area contributed by atoms with Gasteiger partial charge in [-0.3, -0.25) is 0 Å². The van der Waals surface area contributed by atoms with Crippen LogP contribution in [-0.4, -0.2) is 35.8 Å². The normalized spacial score (nSPS) is 12.0. The van der Waals surface area contributed by atoms with E-state index in [1.54, 1.807) is 18.2 Å². The number of ether oxygens (including phenoxy) is 2. The summed E-state index contributed by atoms with van der Waals surface area (Å²) in [6.45, 7) is -4.67. The molecule has 3 aromatic rings. The second kappa shape index (κ2) is 9.16. The fraction of sp³-hybridized carbons (Fsp3) is 0.263. The van der Waals surface area contributed by atoms with E-state index in [0.29, 0.717) is 16.7 Å². The van der Waals surface area contributed by atoms with Crippen LogP contribution >= 0.6 is 0 Å². The van der Waals surface area contributed by atoms with Crippen molar-refractivity contribution in [2.75, 3.05) is 6.61 Å². The summed E-state index contributed by atoms with van der Waals surface area (Å²) in [6.07, 6.45) is -3.81. The molecule has 0 aliphatic heterocycles. The molecular formula is C19H14F6N2O3. The summed E-state index contributed by atoms with van der Waals surface area (Å²) in [5.74, 6) is -4.03. The van der Waals surface area contributed by atoms with Crippen molar-refractivity contribution in [3.05, 3.63) is 54.1 Å². The minimum Gasteiger partial charge on any atom is -0.435 e. The lowest BCUT2D eigenvalue weighted by atomic mass is 10.1. The van der Waals surface area contributed by atoms with Crippen LogP contribution in [0.4, 0.5) is 26.3 Å². The van der Waals surface area contributed by atoms with Crippen LogP contribution in [0.1, 0.15) is 5.56 Å². The van der Waals surface area contributed by atoms with E-state index < -0.39 is 25.6 Å². The third kappa shape index (κ3) is 5.50. The Labute approximate surface area is 166 Å². The van der Waals surface area contributed by atoms with Crippen molar-refractivity contribution in [1.82, 2.24) is 10.2 Å². The first-order valence-corrected chi connectivity index (χ1v) is 8.46. The van der Waals surface area contributed by atoms with Crippen LogP contribution in [0.15, 0.2) is 52.9 Å². The molecule has 2 aromatic carbocycles. The zero-order valence-electron chi connectivity index (χ0n) is 15.1. The molecule has 160 valence electrons. The van der Waals surface area contributed by atoms with Crippen molar-refractivity contribution in [2.24, 2.45) is 0 Å². The lowest BCUT2D eigenvalue weighted by Gasteiger charge is -2.15. The SMILES string of the molecule is FC(F)Oc1ccc(-c2nnc(-c3cccc(COCC(F)(F)C(F)F)c3)o2)cc1. The third-order valence-electron chi connectivity index (χ3n) is 3.81. The van der Waals surface area contributed by atoms with Gasteiger partial charge in [-0.05, 0) is 42.0 Å². The van der Waals surface area contributed by atoms with Crippen LogP contribution in [0, 0.1) is 0 Å². The number of hydrogen-bond acceptors (Lipinski definition) is 5. The minimum absolute atomic E-state index is 0.0291. The van der Waals surface area contributed by atoms with Gasteiger partial charge in [0.25, 0.3) is 0 Å². The number of hydrogen-bond donors (Lipinski definition) is 0. The van der Waals surface area contributed by atoms with E-state index in [4.69, 9.17) is 4.42 Å². The maximum absolute atomic E-state index is 12.9. The summed E-state index contributed by atoms with van der Waals surface area (Å²) in [5, 5.41) is 7.77. The molecule has 0 saturated carbocycles. The Bertz CT molecular complexity index is 963. The van der Waals surface area contributed by atoms with Crippen molar-refractivity contribution >= 4 is 0 Å². The Hall–Kier alpha value is -3.08. The molecule has 30 heavy (non-hydrogen) atoms. The molecule has 0 atom stereocenters. The highest BCUT2D eigenvalue weighted by Crippen LogP contribution is 2.27. The lowest BCUT2D eigenvalue weighted by molar-refractivity contribution is -0.168. The summed E-state index contributed by atoms with van der Waals surface area (Å²) in [6, 6.07) is 11.8. The van der Waals surface area contributed by atoms with E-state index in [0.717, 1.165) is 0 Å². The average Bonchev–Trinajstić information content (AvgIpc) is 3.18. The van der Waals surface area contributed by atoms with Crippen molar-refractivity contribution in [1.29, 1.82) is 0 Å². The highest BCUT2D eigenvalue weighted by Gasteiger charge is 2.40. The van der Waals surface area contributed by atoms with Crippen LogP contribution in [0.5, 0.6) is 5.75 Å². The first kappa shape index (κ1) is 21.6. The fourth-order valence-corrected chi connectivity index (χ4v) is 2.40. The number of nitrogens with zero attached hydrogens (tertiary/aromatic N) is 2. The number of halogens is 6. The first-order valence-electron chi connectivity index (χ1n) is 8.46. The van der Waals surface area contributed by atoms with Gasteiger partial charge < -0.3 is 13.9 Å². The van der Waals surface area contributed by atoms with E-state index in [-0.39, 0.29) is 24.1 Å². The van der Waals surface area contributed by atoms with E-state index in [9.17, 15) is 26.3 Å². The molecule has 0 saturated heterocycles. The second-order valence-electron chi connectivity index (χ2n) is 6.07. The smallest absolute Gasteiger partial charge is 0.387 e. The Morgan fingerprint density at radius 2 is 1.57 bits per heavy atom. The maximum atomic E-state index is 12.9. The molecule has 0 amide bonds. The molecule has 3 rings (SSSR count). The zero-order valence-corrected chi connectivity index (χ0v) is 15.1. The van der Waals surface area contributed by atoms with Crippen LogP contribution in [0.3, 0.4) is 0 Å².